The van der Waals surface area contributed by atoms with Crippen LogP contribution in [-0.2, 0) is 7.05 Å². The fourth-order valence-corrected chi connectivity index (χ4v) is 3.33. The van der Waals surface area contributed by atoms with Gasteiger partial charge < -0.3 is 9.88 Å². The Bertz CT molecular complexity index is 1040. The number of hydrogen-bond acceptors (Lipinski definition) is 5. The molecule has 0 radical (unpaired) electrons. The van der Waals surface area contributed by atoms with Gasteiger partial charge in [-0.3, -0.25) is 19.7 Å². The average molecular weight is 364 g/mol. The molecule has 1 heterocycles. The highest BCUT2D eigenvalue weighted by Gasteiger charge is 2.16. The summed E-state index contributed by atoms with van der Waals surface area (Å²) in [5, 5.41) is 13.6. The van der Waals surface area contributed by atoms with E-state index in [0.29, 0.717) is 5.69 Å². The number of amides is 1. The molecule has 3 rings (SSSR count). The third-order valence-corrected chi connectivity index (χ3v) is 4.78. The van der Waals surface area contributed by atoms with Crippen molar-refractivity contribution in [2.45, 2.75) is 0 Å². The molecule has 3 aromatic rings. The van der Waals surface area contributed by atoms with Crippen molar-refractivity contribution in [3.63, 3.8) is 0 Å². The molecule has 0 saturated heterocycles. The van der Waals surface area contributed by atoms with Crippen molar-refractivity contribution in [3.8, 4) is 0 Å². The summed E-state index contributed by atoms with van der Waals surface area (Å²) in [5.41, 5.74) is 1.02. The van der Waals surface area contributed by atoms with E-state index in [2.05, 4.69) is 5.32 Å². The van der Waals surface area contributed by atoms with Crippen molar-refractivity contribution in [2.24, 2.45) is 7.05 Å². The van der Waals surface area contributed by atoms with Gasteiger partial charge in [-0.1, -0.05) is 22.9 Å². The van der Waals surface area contributed by atoms with Gasteiger partial charge in [-0.25, -0.2) is 0 Å². The van der Waals surface area contributed by atoms with E-state index in [0.717, 1.165) is 27.6 Å². The van der Waals surface area contributed by atoms with Gasteiger partial charge in [0.05, 0.1) is 25.7 Å². The Labute approximate surface area is 144 Å². The smallest absolute Gasteiger partial charge is 0.307 e. The predicted molar refractivity (Wildman–Crippen MR) is 93.1 cm³/mol. The summed E-state index contributed by atoms with van der Waals surface area (Å²) in [5.74, 6) is -0.564. The standard InChI is InChI=1S/C15H10ClN3O4S/c1-18-12-5-2-8(6-13(12)24-15(18)21)17-14(20)10-7-9(19(22)23)3-4-11(10)16/h2-7H,1H3,(H,17,20). The number of carbonyl (C=O) groups is 1. The van der Waals surface area contributed by atoms with Gasteiger partial charge in [-0.2, -0.15) is 0 Å². The summed E-state index contributed by atoms with van der Waals surface area (Å²) in [6, 6.07) is 8.70. The molecule has 0 bridgehead atoms. The zero-order valence-corrected chi connectivity index (χ0v) is 13.9. The number of hydrogen-bond donors (Lipinski definition) is 1. The highest BCUT2D eigenvalue weighted by molar-refractivity contribution is 7.16. The Kier molecular flexibility index (Phi) is 4.08. The number of nitrogens with zero attached hydrogens (tertiary/aromatic N) is 2. The van der Waals surface area contributed by atoms with Crippen LogP contribution in [0.1, 0.15) is 10.4 Å². The third-order valence-electron chi connectivity index (χ3n) is 3.46. The minimum Gasteiger partial charge on any atom is -0.322 e. The van der Waals surface area contributed by atoms with Gasteiger partial charge in [0, 0.05) is 24.9 Å². The zero-order valence-electron chi connectivity index (χ0n) is 12.3. The van der Waals surface area contributed by atoms with E-state index in [1.165, 1.54) is 16.7 Å². The molecule has 1 amide bonds. The first kappa shape index (κ1) is 16.2. The Balaban J connectivity index is 1.94. The minimum absolute atomic E-state index is 0.00668. The molecule has 0 aliphatic heterocycles. The van der Waals surface area contributed by atoms with E-state index >= 15 is 0 Å². The van der Waals surface area contributed by atoms with Gasteiger partial charge in [-0.05, 0) is 24.3 Å². The number of nitrogens with one attached hydrogen (secondary N) is 1. The second-order valence-corrected chi connectivity index (χ2v) is 6.39. The van der Waals surface area contributed by atoms with Crippen LogP contribution in [0.4, 0.5) is 11.4 Å². The highest BCUT2D eigenvalue weighted by Crippen LogP contribution is 2.25. The zero-order chi connectivity index (χ0) is 17.4. The maximum Gasteiger partial charge on any atom is 0.307 e. The molecule has 0 aliphatic carbocycles. The summed E-state index contributed by atoms with van der Waals surface area (Å²) < 4.78 is 2.24. The highest BCUT2D eigenvalue weighted by atomic mass is 35.5. The molecule has 1 N–H and O–H groups in total. The summed E-state index contributed by atoms with van der Waals surface area (Å²) >= 11 is 7.02. The number of rotatable bonds is 3. The Morgan fingerprint density at radius 2 is 2.04 bits per heavy atom. The summed E-state index contributed by atoms with van der Waals surface area (Å²) in [4.78, 5) is 34.1. The molecule has 0 unspecified atom stereocenters. The van der Waals surface area contributed by atoms with Crippen LogP contribution >= 0.6 is 22.9 Å². The molecule has 0 aliphatic rings. The molecule has 122 valence electrons. The van der Waals surface area contributed by atoms with E-state index in [4.69, 9.17) is 11.6 Å². The van der Waals surface area contributed by atoms with E-state index in [1.54, 1.807) is 25.2 Å². The van der Waals surface area contributed by atoms with Crippen LogP contribution in [0.15, 0.2) is 41.2 Å². The second kappa shape index (κ2) is 6.06. The molecule has 1 aromatic heterocycles. The molecule has 0 atom stereocenters. The number of non-ortho nitro benzene ring substituents is 1. The van der Waals surface area contributed by atoms with Crippen LogP contribution in [0, 0.1) is 10.1 Å². The molecule has 24 heavy (non-hydrogen) atoms. The molecular formula is C15H10ClN3O4S. The van der Waals surface area contributed by atoms with Crippen LogP contribution < -0.4 is 10.2 Å². The summed E-state index contributed by atoms with van der Waals surface area (Å²) in [6.07, 6.45) is 0. The van der Waals surface area contributed by atoms with Gasteiger partial charge >= 0.3 is 4.87 Å². The number of fused-ring (bicyclic) bond motifs is 1. The van der Waals surface area contributed by atoms with Crippen molar-refractivity contribution in [1.29, 1.82) is 0 Å². The average Bonchev–Trinajstić information content (AvgIpc) is 2.81. The predicted octanol–water partition coefficient (Wildman–Crippen LogP) is 3.41. The first-order valence-electron chi connectivity index (χ1n) is 6.71. The summed E-state index contributed by atoms with van der Waals surface area (Å²) in [7, 11) is 1.67. The molecular weight excluding hydrogens is 354 g/mol. The van der Waals surface area contributed by atoms with Gasteiger partial charge in [-0.15, -0.1) is 0 Å². The topological polar surface area (TPSA) is 94.2 Å². The minimum atomic E-state index is -0.597. The normalized spacial score (nSPS) is 10.8. The lowest BCUT2D eigenvalue weighted by Gasteiger charge is -2.07. The van der Waals surface area contributed by atoms with E-state index in [1.807, 2.05) is 0 Å². The van der Waals surface area contributed by atoms with Gasteiger partial charge in [0.1, 0.15) is 0 Å². The molecule has 0 fully saturated rings. The number of nitro groups is 1. The molecule has 7 nitrogen and oxygen atoms in total. The lowest BCUT2D eigenvalue weighted by Crippen LogP contribution is -2.12. The Morgan fingerprint density at radius 3 is 2.75 bits per heavy atom. The number of benzene rings is 2. The van der Waals surface area contributed by atoms with Crippen LogP contribution in [0.25, 0.3) is 10.2 Å². The number of aryl methyl sites for hydroxylation is 1. The molecule has 0 spiro atoms. The van der Waals surface area contributed by atoms with E-state index in [-0.39, 0.29) is 21.1 Å². The van der Waals surface area contributed by atoms with E-state index < -0.39 is 10.8 Å². The van der Waals surface area contributed by atoms with Crippen LogP contribution in [-0.4, -0.2) is 15.4 Å². The van der Waals surface area contributed by atoms with Crippen LogP contribution in [0.5, 0.6) is 0 Å². The lowest BCUT2D eigenvalue weighted by atomic mass is 10.2. The second-order valence-electron chi connectivity index (χ2n) is 4.98. The number of anilines is 1. The maximum absolute atomic E-state index is 12.3. The van der Waals surface area contributed by atoms with Crippen LogP contribution in [0.3, 0.4) is 0 Å². The Morgan fingerprint density at radius 1 is 1.29 bits per heavy atom. The third kappa shape index (κ3) is 2.89. The number of carbonyl (C=O) groups excluding carboxylic acids is 1. The van der Waals surface area contributed by atoms with Crippen molar-refractivity contribution in [1.82, 2.24) is 4.57 Å². The SMILES string of the molecule is Cn1c(=O)sc2cc(NC(=O)c3cc([N+](=O)[O-])ccc3Cl)ccc21. The number of aromatic nitrogens is 1. The number of halogens is 1. The number of nitro benzene ring substituents is 1. The largest absolute Gasteiger partial charge is 0.322 e. The molecule has 2 aromatic carbocycles. The fourth-order valence-electron chi connectivity index (χ4n) is 2.21. The quantitative estimate of drug-likeness (QED) is 0.569. The first-order chi connectivity index (χ1) is 11.4. The first-order valence-corrected chi connectivity index (χ1v) is 7.91. The van der Waals surface area contributed by atoms with Gasteiger partial charge in [0.25, 0.3) is 11.6 Å². The van der Waals surface area contributed by atoms with Crippen molar-refractivity contribution < 1.29 is 9.72 Å². The number of thiazole rings is 1. The maximum atomic E-state index is 12.3. The lowest BCUT2D eigenvalue weighted by molar-refractivity contribution is -0.384. The fraction of sp³-hybridized carbons (Fsp3) is 0.0667. The monoisotopic (exact) mass is 363 g/mol. The molecule has 0 saturated carbocycles. The van der Waals surface area contributed by atoms with Gasteiger partial charge in [0.15, 0.2) is 0 Å². The van der Waals surface area contributed by atoms with Crippen LogP contribution in [0.2, 0.25) is 5.02 Å². The van der Waals surface area contributed by atoms with Crippen molar-refractivity contribution in [3.05, 3.63) is 66.8 Å². The van der Waals surface area contributed by atoms with Crippen molar-refractivity contribution in [2.75, 3.05) is 5.32 Å². The summed E-state index contributed by atoms with van der Waals surface area (Å²) in [6.45, 7) is 0. The molecule has 9 heteroatoms. The van der Waals surface area contributed by atoms with Gasteiger partial charge in [0.2, 0.25) is 0 Å². The van der Waals surface area contributed by atoms with Crippen molar-refractivity contribution >= 4 is 50.4 Å². The Hall–Kier alpha value is -2.71. The van der Waals surface area contributed by atoms with E-state index in [9.17, 15) is 19.7 Å².